The SMILES string of the molecule is CC.Cc1cc(CN)cc(CCCCN)c1. The minimum absolute atomic E-state index is 0.631. The Morgan fingerprint density at radius 2 is 1.56 bits per heavy atom. The Hall–Kier alpha value is -0.860. The predicted molar refractivity (Wildman–Crippen MR) is 72.4 cm³/mol. The fourth-order valence-corrected chi connectivity index (χ4v) is 1.68. The minimum atomic E-state index is 0.631. The zero-order valence-electron chi connectivity index (χ0n) is 10.9. The number of benzene rings is 1. The van der Waals surface area contributed by atoms with E-state index >= 15 is 0 Å². The molecule has 16 heavy (non-hydrogen) atoms. The zero-order chi connectivity index (χ0) is 12.4. The van der Waals surface area contributed by atoms with Crippen LogP contribution in [0.15, 0.2) is 18.2 Å². The third-order valence-corrected chi connectivity index (χ3v) is 2.35. The van der Waals surface area contributed by atoms with Crippen molar-refractivity contribution >= 4 is 0 Å². The van der Waals surface area contributed by atoms with Crippen LogP contribution >= 0.6 is 0 Å². The van der Waals surface area contributed by atoms with Gasteiger partial charge in [0.25, 0.3) is 0 Å². The smallest absolute Gasteiger partial charge is 0.0178 e. The molecular weight excluding hydrogens is 196 g/mol. The van der Waals surface area contributed by atoms with Crippen LogP contribution in [0.2, 0.25) is 0 Å². The van der Waals surface area contributed by atoms with Gasteiger partial charge in [0.15, 0.2) is 0 Å². The number of hydrogen-bond donors (Lipinski definition) is 2. The van der Waals surface area contributed by atoms with Crippen LogP contribution in [0.5, 0.6) is 0 Å². The molecule has 2 nitrogen and oxygen atoms in total. The lowest BCUT2D eigenvalue weighted by molar-refractivity contribution is 0.743. The highest BCUT2D eigenvalue weighted by Crippen LogP contribution is 2.11. The number of nitrogens with two attached hydrogens (primary N) is 2. The molecular formula is C14H26N2. The van der Waals surface area contributed by atoms with Crippen LogP contribution in [0, 0.1) is 6.92 Å². The molecule has 0 amide bonds. The van der Waals surface area contributed by atoms with E-state index in [9.17, 15) is 0 Å². The molecule has 0 aliphatic heterocycles. The maximum atomic E-state index is 5.62. The average molecular weight is 222 g/mol. The van der Waals surface area contributed by atoms with Gasteiger partial charge in [-0.2, -0.15) is 0 Å². The van der Waals surface area contributed by atoms with Crippen molar-refractivity contribution in [2.75, 3.05) is 6.54 Å². The first-order valence-electron chi connectivity index (χ1n) is 6.26. The van der Waals surface area contributed by atoms with Crippen molar-refractivity contribution in [3.63, 3.8) is 0 Å². The molecule has 0 radical (unpaired) electrons. The highest BCUT2D eigenvalue weighted by Gasteiger charge is 1.97. The summed E-state index contributed by atoms with van der Waals surface area (Å²) in [5, 5.41) is 0. The van der Waals surface area contributed by atoms with E-state index in [4.69, 9.17) is 11.5 Å². The highest BCUT2D eigenvalue weighted by molar-refractivity contribution is 5.29. The third kappa shape index (κ3) is 5.89. The molecule has 4 N–H and O–H groups in total. The molecule has 0 unspecified atom stereocenters. The van der Waals surface area contributed by atoms with E-state index in [1.807, 2.05) is 13.8 Å². The van der Waals surface area contributed by atoms with E-state index < -0.39 is 0 Å². The largest absolute Gasteiger partial charge is 0.330 e. The van der Waals surface area contributed by atoms with Crippen LogP contribution in [-0.2, 0) is 13.0 Å². The second-order valence-corrected chi connectivity index (χ2v) is 3.78. The molecule has 0 fully saturated rings. The Morgan fingerprint density at radius 1 is 0.938 bits per heavy atom. The van der Waals surface area contributed by atoms with Crippen molar-refractivity contribution in [2.45, 2.75) is 46.6 Å². The topological polar surface area (TPSA) is 52.0 Å². The van der Waals surface area contributed by atoms with Crippen LogP contribution in [0.25, 0.3) is 0 Å². The average Bonchev–Trinajstić information content (AvgIpc) is 2.31. The zero-order valence-corrected chi connectivity index (χ0v) is 10.9. The number of hydrogen-bond acceptors (Lipinski definition) is 2. The summed E-state index contributed by atoms with van der Waals surface area (Å²) in [6, 6.07) is 6.58. The summed E-state index contributed by atoms with van der Waals surface area (Å²) in [5.74, 6) is 0. The van der Waals surface area contributed by atoms with Crippen molar-refractivity contribution in [2.24, 2.45) is 11.5 Å². The van der Waals surface area contributed by atoms with Crippen LogP contribution in [0.1, 0.15) is 43.4 Å². The molecule has 0 spiro atoms. The Bertz CT molecular complexity index is 282. The van der Waals surface area contributed by atoms with Gasteiger partial charge in [0.05, 0.1) is 0 Å². The fourth-order valence-electron chi connectivity index (χ4n) is 1.68. The highest BCUT2D eigenvalue weighted by atomic mass is 14.5. The molecule has 0 heterocycles. The van der Waals surface area contributed by atoms with Gasteiger partial charge < -0.3 is 11.5 Å². The standard InChI is InChI=1S/C12H20N2.C2H6/c1-10-6-11(4-2-3-5-13)8-12(7-10)9-14;1-2/h6-8H,2-5,9,13-14H2,1H3;1-2H3. The second kappa shape index (κ2) is 9.37. The summed E-state index contributed by atoms with van der Waals surface area (Å²) in [6.45, 7) is 7.53. The third-order valence-electron chi connectivity index (χ3n) is 2.35. The van der Waals surface area contributed by atoms with Gasteiger partial charge in [-0.1, -0.05) is 37.6 Å². The number of unbranched alkanes of at least 4 members (excludes halogenated alkanes) is 1. The molecule has 1 aromatic carbocycles. The van der Waals surface area contributed by atoms with E-state index in [2.05, 4.69) is 25.1 Å². The Labute approximate surface area is 100 Å². The molecule has 0 bridgehead atoms. The molecule has 1 rings (SSSR count). The molecule has 0 saturated heterocycles. The van der Waals surface area contributed by atoms with E-state index in [0.29, 0.717) is 6.54 Å². The lowest BCUT2D eigenvalue weighted by Gasteiger charge is -2.05. The van der Waals surface area contributed by atoms with Gasteiger partial charge in [-0.05, 0) is 43.9 Å². The Balaban J connectivity index is 0.00000106. The number of rotatable bonds is 5. The minimum Gasteiger partial charge on any atom is -0.330 e. The first kappa shape index (κ1) is 15.1. The van der Waals surface area contributed by atoms with Crippen molar-refractivity contribution in [1.29, 1.82) is 0 Å². The summed E-state index contributed by atoms with van der Waals surface area (Å²) in [6.07, 6.45) is 3.39. The van der Waals surface area contributed by atoms with Crippen LogP contribution in [0.4, 0.5) is 0 Å². The Morgan fingerprint density at radius 3 is 2.12 bits per heavy atom. The maximum Gasteiger partial charge on any atom is 0.0178 e. The van der Waals surface area contributed by atoms with Gasteiger partial charge in [-0.15, -0.1) is 0 Å². The molecule has 0 aliphatic carbocycles. The molecule has 2 heteroatoms. The molecule has 0 atom stereocenters. The monoisotopic (exact) mass is 222 g/mol. The first-order chi connectivity index (χ1) is 7.76. The van der Waals surface area contributed by atoms with Crippen molar-refractivity contribution in [1.82, 2.24) is 0 Å². The maximum absolute atomic E-state index is 5.62. The van der Waals surface area contributed by atoms with E-state index in [-0.39, 0.29) is 0 Å². The summed E-state index contributed by atoms with van der Waals surface area (Å²) in [4.78, 5) is 0. The molecule has 0 saturated carbocycles. The molecule has 0 aliphatic rings. The normalized spacial score (nSPS) is 9.56. The Kier molecular flexibility index (Phi) is 8.87. The quantitative estimate of drug-likeness (QED) is 0.753. The lowest BCUT2D eigenvalue weighted by Crippen LogP contribution is -2.01. The predicted octanol–water partition coefficient (Wildman–Crippen LogP) is 2.76. The van der Waals surface area contributed by atoms with Gasteiger partial charge in [0.1, 0.15) is 0 Å². The number of aryl methyl sites for hydroxylation is 2. The van der Waals surface area contributed by atoms with Crippen molar-refractivity contribution in [3.8, 4) is 0 Å². The van der Waals surface area contributed by atoms with Crippen LogP contribution < -0.4 is 11.5 Å². The van der Waals surface area contributed by atoms with E-state index in [1.165, 1.54) is 23.1 Å². The summed E-state index contributed by atoms with van der Waals surface area (Å²) >= 11 is 0. The van der Waals surface area contributed by atoms with E-state index in [0.717, 1.165) is 19.4 Å². The molecule has 92 valence electrons. The molecule has 1 aromatic rings. The summed E-state index contributed by atoms with van der Waals surface area (Å²) in [7, 11) is 0. The fraction of sp³-hybridized carbons (Fsp3) is 0.571. The molecule has 0 aromatic heterocycles. The van der Waals surface area contributed by atoms with Gasteiger partial charge in [0, 0.05) is 6.54 Å². The van der Waals surface area contributed by atoms with Gasteiger partial charge in [-0.3, -0.25) is 0 Å². The van der Waals surface area contributed by atoms with E-state index in [1.54, 1.807) is 0 Å². The van der Waals surface area contributed by atoms with Gasteiger partial charge in [-0.25, -0.2) is 0 Å². The lowest BCUT2D eigenvalue weighted by atomic mass is 10.0. The van der Waals surface area contributed by atoms with Crippen molar-refractivity contribution in [3.05, 3.63) is 34.9 Å². The summed E-state index contributed by atoms with van der Waals surface area (Å²) in [5.41, 5.74) is 15.0. The van der Waals surface area contributed by atoms with Gasteiger partial charge in [0.2, 0.25) is 0 Å². The summed E-state index contributed by atoms with van der Waals surface area (Å²) < 4.78 is 0. The second-order valence-electron chi connectivity index (χ2n) is 3.78. The van der Waals surface area contributed by atoms with Gasteiger partial charge >= 0.3 is 0 Å². The first-order valence-corrected chi connectivity index (χ1v) is 6.26. The van der Waals surface area contributed by atoms with Crippen LogP contribution in [0.3, 0.4) is 0 Å². The van der Waals surface area contributed by atoms with Crippen LogP contribution in [-0.4, -0.2) is 6.54 Å². The van der Waals surface area contributed by atoms with Crippen molar-refractivity contribution < 1.29 is 0 Å².